The SMILES string of the molecule is CCCNC(=O)C1CCN(c2ccc(SCC(=O)Nc3ccccc3F)nn2)CC1. The highest BCUT2D eigenvalue weighted by molar-refractivity contribution is 7.99. The van der Waals surface area contributed by atoms with Gasteiger partial charge in [-0.25, -0.2) is 4.39 Å². The van der Waals surface area contributed by atoms with E-state index in [1.807, 2.05) is 19.1 Å². The molecular formula is C21H26FN5O2S. The first kappa shape index (κ1) is 22.0. The maximum Gasteiger partial charge on any atom is 0.234 e. The molecule has 9 heteroatoms. The van der Waals surface area contributed by atoms with Crippen molar-refractivity contribution in [2.24, 2.45) is 5.92 Å². The molecular weight excluding hydrogens is 405 g/mol. The van der Waals surface area contributed by atoms with Crippen molar-refractivity contribution in [3.63, 3.8) is 0 Å². The normalized spacial score (nSPS) is 14.4. The highest BCUT2D eigenvalue weighted by Crippen LogP contribution is 2.23. The molecule has 160 valence electrons. The Morgan fingerprint density at radius 3 is 2.60 bits per heavy atom. The summed E-state index contributed by atoms with van der Waals surface area (Å²) >= 11 is 1.24. The molecule has 2 aromatic rings. The van der Waals surface area contributed by atoms with Crippen molar-refractivity contribution in [2.45, 2.75) is 31.2 Å². The van der Waals surface area contributed by atoms with Crippen LogP contribution < -0.4 is 15.5 Å². The van der Waals surface area contributed by atoms with E-state index >= 15 is 0 Å². The first-order valence-corrected chi connectivity index (χ1v) is 11.1. The zero-order valence-corrected chi connectivity index (χ0v) is 17.8. The highest BCUT2D eigenvalue weighted by Gasteiger charge is 2.25. The summed E-state index contributed by atoms with van der Waals surface area (Å²) in [5.74, 6) is 0.306. The van der Waals surface area contributed by atoms with Gasteiger partial charge in [0, 0.05) is 25.6 Å². The predicted molar refractivity (Wildman–Crippen MR) is 116 cm³/mol. The molecule has 0 saturated carbocycles. The molecule has 1 aliphatic heterocycles. The maximum absolute atomic E-state index is 13.6. The number of benzene rings is 1. The van der Waals surface area contributed by atoms with Crippen molar-refractivity contribution < 1.29 is 14.0 Å². The fourth-order valence-electron chi connectivity index (χ4n) is 3.21. The summed E-state index contributed by atoms with van der Waals surface area (Å²) in [6.45, 7) is 4.29. The van der Waals surface area contributed by atoms with Crippen LogP contribution in [0.5, 0.6) is 0 Å². The van der Waals surface area contributed by atoms with Crippen LogP contribution in [0.4, 0.5) is 15.9 Å². The number of hydrogen-bond donors (Lipinski definition) is 2. The number of carbonyl (C=O) groups is 2. The number of aromatic nitrogens is 2. The largest absolute Gasteiger partial charge is 0.356 e. The van der Waals surface area contributed by atoms with E-state index in [4.69, 9.17) is 0 Å². The van der Waals surface area contributed by atoms with Gasteiger partial charge in [-0.2, -0.15) is 0 Å². The summed E-state index contributed by atoms with van der Waals surface area (Å²) in [6.07, 6.45) is 2.53. The van der Waals surface area contributed by atoms with Gasteiger partial charge in [0.2, 0.25) is 11.8 Å². The van der Waals surface area contributed by atoms with Crippen LogP contribution in [0, 0.1) is 11.7 Å². The molecule has 2 amide bonds. The van der Waals surface area contributed by atoms with Crippen LogP contribution in [0.15, 0.2) is 41.4 Å². The first-order valence-electron chi connectivity index (χ1n) is 10.1. The number of nitrogens with zero attached hydrogens (tertiary/aromatic N) is 3. The van der Waals surface area contributed by atoms with Gasteiger partial charge in [0.15, 0.2) is 5.82 Å². The summed E-state index contributed by atoms with van der Waals surface area (Å²) in [7, 11) is 0. The van der Waals surface area contributed by atoms with E-state index in [-0.39, 0.29) is 29.2 Å². The van der Waals surface area contributed by atoms with Crippen LogP contribution in [-0.4, -0.2) is 47.4 Å². The van der Waals surface area contributed by atoms with Crippen molar-refractivity contribution in [1.82, 2.24) is 15.5 Å². The number of rotatable bonds is 8. The topological polar surface area (TPSA) is 87.2 Å². The van der Waals surface area contributed by atoms with E-state index in [2.05, 4.69) is 25.7 Å². The Kier molecular flexibility index (Phi) is 8.01. The standard InChI is InChI=1S/C21H26FN5O2S/c1-2-11-23-21(29)15-9-12-27(13-10-15)18-7-8-20(26-25-18)30-14-19(28)24-17-6-4-3-5-16(17)22/h3-8,15H,2,9-14H2,1H3,(H,23,29)(H,24,28). The van der Waals surface area contributed by atoms with Crippen LogP contribution in [0.1, 0.15) is 26.2 Å². The molecule has 0 radical (unpaired) electrons. The van der Waals surface area contributed by atoms with Gasteiger partial charge in [-0.05, 0) is 43.5 Å². The molecule has 0 spiro atoms. The van der Waals surface area contributed by atoms with Crippen LogP contribution in [0.3, 0.4) is 0 Å². The minimum atomic E-state index is -0.466. The summed E-state index contributed by atoms with van der Waals surface area (Å²) in [5.41, 5.74) is 0.163. The number of nitrogens with one attached hydrogen (secondary N) is 2. The molecule has 1 fully saturated rings. The molecule has 1 aromatic heterocycles. The number of anilines is 2. The lowest BCUT2D eigenvalue weighted by atomic mass is 9.96. The monoisotopic (exact) mass is 431 g/mol. The number of amides is 2. The Balaban J connectivity index is 1.44. The first-order chi connectivity index (χ1) is 14.6. The molecule has 0 unspecified atom stereocenters. The third-order valence-corrected chi connectivity index (χ3v) is 5.78. The Hall–Kier alpha value is -2.68. The van der Waals surface area contributed by atoms with Gasteiger partial charge in [0.25, 0.3) is 0 Å². The van der Waals surface area contributed by atoms with Gasteiger partial charge >= 0.3 is 0 Å². The molecule has 3 rings (SSSR count). The summed E-state index contributed by atoms with van der Waals surface area (Å²) in [5, 5.41) is 14.6. The molecule has 0 aliphatic carbocycles. The lowest BCUT2D eigenvalue weighted by Gasteiger charge is -2.31. The van der Waals surface area contributed by atoms with E-state index in [0.717, 1.165) is 44.7 Å². The van der Waals surface area contributed by atoms with Gasteiger partial charge in [-0.15, -0.1) is 10.2 Å². The van der Waals surface area contributed by atoms with Crippen molar-refractivity contribution in [2.75, 3.05) is 35.6 Å². The van der Waals surface area contributed by atoms with Gasteiger partial charge in [0.05, 0.1) is 11.4 Å². The number of para-hydroxylation sites is 1. The third kappa shape index (κ3) is 6.16. The predicted octanol–water partition coefficient (Wildman–Crippen LogP) is 3.09. The number of hydrogen-bond acceptors (Lipinski definition) is 6. The Morgan fingerprint density at radius 1 is 1.17 bits per heavy atom. The Morgan fingerprint density at radius 2 is 1.93 bits per heavy atom. The van der Waals surface area contributed by atoms with Crippen LogP contribution in [0.2, 0.25) is 0 Å². The average molecular weight is 432 g/mol. The van der Waals surface area contributed by atoms with Crippen molar-refractivity contribution in [3.8, 4) is 0 Å². The van der Waals surface area contributed by atoms with E-state index < -0.39 is 5.82 Å². The minimum absolute atomic E-state index is 0.0588. The zero-order valence-electron chi connectivity index (χ0n) is 16.9. The van der Waals surface area contributed by atoms with Gasteiger partial charge in [0.1, 0.15) is 10.8 Å². The van der Waals surface area contributed by atoms with Crippen molar-refractivity contribution in [1.29, 1.82) is 0 Å². The third-order valence-electron chi connectivity index (χ3n) is 4.86. The second-order valence-electron chi connectivity index (χ2n) is 7.10. The van der Waals surface area contributed by atoms with Crippen LogP contribution in [0.25, 0.3) is 0 Å². The van der Waals surface area contributed by atoms with E-state index in [0.29, 0.717) is 5.03 Å². The fraction of sp³-hybridized carbons (Fsp3) is 0.429. The molecule has 2 N–H and O–H groups in total. The van der Waals surface area contributed by atoms with Gasteiger partial charge in [-0.1, -0.05) is 30.8 Å². The molecule has 1 saturated heterocycles. The highest BCUT2D eigenvalue weighted by atomic mass is 32.2. The van der Waals surface area contributed by atoms with E-state index in [1.165, 1.54) is 23.9 Å². The van der Waals surface area contributed by atoms with Crippen molar-refractivity contribution >= 4 is 35.1 Å². The van der Waals surface area contributed by atoms with E-state index in [1.54, 1.807) is 12.1 Å². The number of carbonyl (C=O) groups excluding carboxylic acids is 2. The van der Waals surface area contributed by atoms with Crippen LogP contribution in [-0.2, 0) is 9.59 Å². The lowest BCUT2D eigenvalue weighted by molar-refractivity contribution is -0.125. The van der Waals surface area contributed by atoms with Gasteiger partial charge in [-0.3, -0.25) is 9.59 Å². The Bertz CT molecular complexity index is 857. The molecule has 2 heterocycles. The number of halogens is 1. The molecule has 0 bridgehead atoms. The molecule has 0 atom stereocenters. The smallest absolute Gasteiger partial charge is 0.234 e. The minimum Gasteiger partial charge on any atom is -0.356 e. The summed E-state index contributed by atoms with van der Waals surface area (Å²) in [4.78, 5) is 26.2. The maximum atomic E-state index is 13.6. The summed E-state index contributed by atoms with van der Waals surface area (Å²) < 4.78 is 13.6. The second kappa shape index (κ2) is 10.9. The molecule has 1 aliphatic rings. The Labute approximate surface area is 179 Å². The molecule has 30 heavy (non-hydrogen) atoms. The molecule has 7 nitrogen and oxygen atoms in total. The van der Waals surface area contributed by atoms with E-state index in [9.17, 15) is 14.0 Å². The fourth-order valence-corrected chi connectivity index (χ4v) is 3.82. The van der Waals surface area contributed by atoms with Gasteiger partial charge < -0.3 is 15.5 Å². The second-order valence-corrected chi connectivity index (χ2v) is 8.09. The number of thioether (sulfide) groups is 1. The van der Waals surface area contributed by atoms with Crippen molar-refractivity contribution in [3.05, 3.63) is 42.2 Å². The average Bonchev–Trinajstić information content (AvgIpc) is 2.78. The number of piperidine rings is 1. The zero-order chi connectivity index (χ0) is 21.3. The van der Waals surface area contributed by atoms with Crippen LogP contribution >= 0.6 is 11.8 Å². The molecule has 1 aromatic carbocycles. The lowest BCUT2D eigenvalue weighted by Crippen LogP contribution is -2.41. The quantitative estimate of drug-likeness (QED) is 0.625. The summed E-state index contributed by atoms with van der Waals surface area (Å²) in [6, 6.07) is 9.75.